The van der Waals surface area contributed by atoms with E-state index < -0.39 is 6.04 Å². The maximum atomic E-state index is 11.8. The molecule has 20 heavy (non-hydrogen) atoms. The third-order valence-electron chi connectivity index (χ3n) is 3.79. The maximum Gasteiger partial charge on any atom is 0.245 e. The number of carbonyl (C=O) groups is 2. The Bertz CT molecular complexity index is 604. The SMILES string of the molecule is CN1CCN(c2cc3c(cc2Cl)C(N)C(=O)N3)CC1=O. The van der Waals surface area contributed by atoms with Crippen molar-refractivity contribution in [3.05, 3.63) is 22.7 Å². The summed E-state index contributed by atoms with van der Waals surface area (Å²) >= 11 is 6.28. The first-order chi connectivity index (χ1) is 9.47. The number of benzene rings is 1. The van der Waals surface area contributed by atoms with Gasteiger partial charge in [-0.3, -0.25) is 9.59 Å². The van der Waals surface area contributed by atoms with Crippen LogP contribution < -0.4 is 16.0 Å². The Labute approximate surface area is 121 Å². The van der Waals surface area contributed by atoms with Gasteiger partial charge in [-0.2, -0.15) is 0 Å². The van der Waals surface area contributed by atoms with Crippen molar-refractivity contribution >= 4 is 34.8 Å². The molecule has 1 saturated heterocycles. The lowest BCUT2D eigenvalue weighted by molar-refractivity contribution is -0.129. The maximum absolute atomic E-state index is 11.8. The summed E-state index contributed by atoms with van der Waals surface area (Å²) in [7, 11) is 1.78. The monoisotopic (exact) mass is 294 g/mol. The van der Waals surface area contributed by atoms with Crippen LogP contribution in [0.4, 0.5) is 11.4 Å². The molecule has 2 heterocycles. The summed E-state index contributed by atoms with van der Waals surface area (Å²) in [6.07, 6.45) is 0. The lowest BCUT2D eigenvalue weighted by Crippen LogP contribution is -2.48. The molecule has 0 aromatic heterocycles. The highest BCUT2D eigenvalue weighted by atomic mass is 35.5. The molecule has 1 aromatic rings. The number of anilines is 2. The minimum absolute atomic E-state index is 0.0496. The standard InChI is InChI=1S/C13H15ClN4O2/c1-17-2-3-18(6-11(17)19)10-5-9-7(4-8(10)14)12(15)13(20)16-9/h4-5,12H,2-3,6,15H2,1H3,(H,16,20). The van der Waals surface area contributed by atoms with Crippen molar-refractivity contribution in [3.8, 4) is 0 Å². The number of nitrogens with zero attached hydrogens (tertiary/aromatic N) is 2. The van der Waals surface area contributed by atoms with Gasteiger partial charge >= 0.3 is 0 Å². The Morgan fingerprint density at radius 1 is 1.35 bits per heavy atom. The van der Waals surface area contributed by atoms with Gasteiger partial charge in [-0.25, -0.2) is 0 Å². The predicted octanol–water partition coefficient (Wildman–Crippen LogP) is 0.570. The Kier molecular flexibility index (Phi) is 3.07. The van der Waals surface area contributed by atoms with E-state index >= 15 is 0 Å². The molecular formula is C13H15ClN4O2. The van der Waals surface area contributed by atoms with Crippen LogP contribution in [0.25, 0.3) is 0 Å². The van der Waals surface area contributed by atoms with Gasteiger partial charge in [-0.1, -0.05) is 11.6 Å². The topological polar surface area (TPSA) is 78.7 Å². The number of nitrogens with one attached hydrogen (secondary N) is 1. The minimum atomic E-state index is -0.675. The highest BCUT2D eigenvalue weighted by Crippen LogP contribution is 2.38. The van der Waals surface area contributed by atoms with Gasteiger partial charge in [0.25, 0.3) is 0 Å². The number of piperazine rings is 1. The first-order valence-corrected chi connectivity index (χ1v) is 6.74. The number of nitrogens with two attached hydrogens (primary N) is 1. The minimum Gasteiger partial charge on any atom is -0.359 e. The number of hydrogen-bond donors (Lipinski definition) is 2. The van der Waals surface area contributed by atoms with Gasteiger partial charge in [0.05, 0.1) is 17.3 Å². The molecule has 2 amide bonds. The fraction of sp³-hybridized carbons (Fsp3) is 0.385. The summed E-state index contributed by atoms with van der Waals surface area (Å²) < 4.78 is 0. The number of rotatable bonds is 1. The van der Waals surface area contributed by atoms with Crippen LogP contribution in [0.3, 0.4) is 0 Å². The number of fused-ring (bicyclic) bond motifs is 1. The van der Waals surface area contributed by atoms with Gasteiger partial charge in [0.1, 0.15) is 6.04 Å². The molecule has 0 bridgehead atoms. The van der Waals surface area contributed by atoms with E-state index in [0.717, 1.165) is 5.69 Å². The molecule has 1 fully saturated rings. The molecule has 7 heteroatoms. The zero-order valence-electron chi connectivity index (χ0n) is 11.0. The summed E-state index contributed by atoms with van der Waals surface area (Å²) in [5.74, 6) is -0.184. The Morgan fingerprint density at radius 2 is 2.10 bits per heavy atom. The van der Waals surface area contributed by atoms with Crippen molar-refractivity contribution < 1.29 is 9.59 Å². The van der Waals surface area contributed by atoms with Gasteiger partial charge < -0.3 is 20.9 Å². The second-order valence-corrected chi connectivity index (χ2v) is 5.50. The van der Waals surface area contributed by atoms with Crippen LogP contribution in [0, 0.1) is 0 Å². The molecule has 3 rings (SSSR count). The van der Waals surface area contributed by atoms with Gasteiger partial charge in [-0.05, 0) is 12.1 Å². The van der Waals surface area contributed by atoms with Crippen LogP contribution >= 0.6 is 11.6 Å². The Hall–Kier alpha value is -1.79. The van der Waals surface area contributed by atoms with E-state index in [4.69, 9.17) is 17.3 Å². The van der Waals surface area contributed by atoms with Gasteiger partial charge in [-0.15, -0.1) is 0 Å². The summed E-state index contributed by atoms with van der Waals surface area (Å²) in [4.78, 5) is 27.0. The first kappa shape index (κ1) is 13.2. The van der Waals surface area contributed by atoms with E-state index in [1.165, 1.54) is 0 Å². The molecule has 0 saturated carbocycles. The van der Waals surface area contributed by atoms with Gasteiger partial charge in [0.2, 0.25) is 11.8 Å². The smallest absolute Gasteiger partial charge is 0.245 e. The molecular weight excluding hydrogens is 280 g/mol. The van der Waals surface area contributed by atoms with E-state index in [9.17, 15) is 9.59 Å². The number of carbonyl (C=O) groups excluding carboxylic acids is 2. The fourth-order valence-corrected chi connectivity index (χ4v) is 2.79. The van der Waals surface area contributed by atoms with Crippen LogP contribution in [0.15, 0.2) is 12.1 Å². The molecule has 6 nitrogen and oxygen atoms in total. The molecule has 1 unspecified atom stereocenters. The normalized spacial score (nSPS) is 22.1. The molecule has 0 aliphatic carbocycles. The molecule has 0 radical (unpaired) electrons. The molecule has 3 N–H and O–H groups in total. The van der Waals surface area contributed by atoms with Crippen LogP contribution in [-0.2, 0) is 9.59 Å². The van der Waals surface area contributed by atoms with Gasteiger partial charge in [0, 0.05) is 31.4 Å². The van der Waals surface area contributed by atoms with Crippen molar-refractivity contribution in [2.24, 2.45) is 5.73 Å². The number of amides is 2. The lowest BCUT2D eigenvalue weighted by Gasteiger charge is -2.34. The molecule has 106 valence electrons. The van der Waals surface area contributed by atoms with Crippen molar-refractivity contribution in [3.63, 3.8) is 0 Å². The zero-order valence-corrected chi connectivity index (χ0v) is 11.8. The molecule has 2 aliphatic rings. The highest BCUT2D eigenvalue weighted by Gasteiger charge is 2.30. The number of hydrogen-bond acceptors (Lipinski definition) is 4. The average Bonchev–Trinajstić information content (AvgIpc) is 2.68. The second kappa shape index (κ2) is 4.64. The largest absolute Gasteiger partial charge is 0.359 e. The summed E-state index contributed by atoms with van der Waals surface area (Å²) in [6.45, 7) is 1.65. The summed E-state index contributed by atoms with van der Waals surface area (Å²) in [5.41, 5.74) is 7.91. The van der Waals surface area contributed by atoms with Crippen LogP contribution in [0.2, 0.25) is 5.02 Å². The molecule has 2 aliphatic heterocycles. The van der Waals surface area contributed by atoms with E-state index in [-0.39, 0.29) is 18.4 Å². The van der Waals surface area contributed by atoms with Crippen LogP contribution in [-0.4, -0.2) is 43.4 Å². The number of likely N-dealkylation sites (N-methyl/N-ethyl adjacent to an activating group) is 1. The highest BCUT2D eigenvalue weighted by molar-refractivity contribution is 6.33. The van der Waals surface area contributed by atoms with Crippen LogP contribution in [0.1, 0.15) is 11.6 Å². The van der Waals surface area contributed by atoms with Crippen molar-refractivity contribution in [2.45, 2.75) is 6.04 Å². The molecule has 0 spiro atoms. The van der Waals surface area contributed by atoms with E-state index in [0.29, 0.717) is 29.4 Å². The van der Waals surface area contributed by atoms with Crippen LogP contribution in [0.5, 0.6) is 0 Å². The average molecular weight is 295 g/mol. The molecule has 1 atom stereocenters. The third kappa shape index (κ3) is 2.01. The predicted molar refractivity (Wildman–Crippen MR) is 76.9 cm³/mol. The zero-order chi connectivity index (χ0) is 14.4. The third-order valence-corrected chi connectivity index (χ3v) is 4.10. The fourth-order valence-electron chi connectivity index (χ4n) is 2.50. The summed E-state index contributed by atoms with van der Waals surface area (Å²) in [6, 6.07) is 2.82. The lowest BCUT2D eigenvalue weighted by atomic mass is 10.1. The van der Waals surface area contributed by atoms with E-state index in [1.807, 2.05) is 4.90 Å². The first-order valence-electron chi connectivity index (χ1n) is 6.36. The Balaban J connectivity index is 1.94. The Morgan fingerprint density at radius 3 is 2.80 bits per heavy atom. The summed E-state index contributed by atoms with van der Waals surface area (Å²) in [5, 5.41) is 3.24. The number of halogens is 1. The van der Waals surface area contributed by atoms with E-state index in [2.05, 4.69) is 5.32 Å². The van der Waals surface area contributed by atoms with Crippen molar-refractivity contribution in [2.75, 3.05) is 36.9 Å². The van der Waals surface area contributed by atoms with Crippen molar-refractivity contribution in [1.29, 1.82) is 0 Å². The molecule has 1 aromatic carbocycles. The second-order valence-electron chi connectivity index (χ2n) is 5.09. The quantitative estimate of drug-likeness (QED) is 0.794. The van der Waals surface area contributed by atoms with E-state index in [1.54, 1.807) is 24.1 Å². The van der Waals surface area contributed by atoms with Gasteiger partial charge in [0.15, 0.2) is 0 Å². The van der Waals surface area contributed by atoms with Crippen molar-refractivity contribution in [1.82, 2.24) is 4.90 Å².